The van der Waals surface area contributed by atoms with Crippen LogP contribution in [0.4, 0.5) is 0 Å². The average molecular weight is 425 g/mol. The predicted molar refractivity (Wildman–Crippen MR) is 123 cm³/mol. The second-order valence-corrected chi connectivity index (χ2v) is 7.63. The maximum absolute atomic E-state index is 12.1. The van der Waals surface area contributed by atoms with Gasteiger partial charge in [0.2, 0.25) is 0 Å². The van der Waals surface area contributed by atoms with Crippen molar-refractivity contribution in [3.8, 4) is 5.75 Å². The van der Waals surface area contributed by atoms with E-state index in [0.717, 1.165) is 36.5 Å². The van der Waals surface area contributed by atoms with Gasteiger partial charge < -0.3 is 25.4 Å². The summed E-state index contributed by atoms with van der Waals surface area (Å²) in [4.78, 5) is 16.3. The summed E-state index contributed by atoms with van der Waals surface area (Å²) in [5, 5.41) is 9.43. The molecule has 1 amide bonds. The molecule has 166 valence electrons. The van der Waals surface area contributed by atoms with Crippen LogP contribution < -0.4 is 20.7 Å². The molecule has 1 fully saturated rings. The third-order valence-electron chi connectivity index (χ3n) is 5.13. The molecule has 2 aromatic carbocycles. The van der Waals surface area contributed by atoms with E-state index in [0.29, 0.717) is 43.7 Å². The first-order chi connectivity index (χ1) is 15.2. The van der Waals surface area contributed by atoms with Gasteiger partial charge in [-0.3, -0.25) is 9.79 Å². The van der Waals surface area contributed by atoms with E-state index in [-0.39, 0.29) is 5.91 Å². The molecular formula is C24H32N4O3. The van der Waals surface area contributed by atoms with E-state index in [1.165, 1.54) is 0 Å². The lowest BCUT2D eigenvalue weighted by Gasteiger charge is -2.17. The molecule has 0 aromatic heterocycles. The molecule has 7 nitrogen and oxygen atoms in total. The molecule has 2 aromatic rings. The number of rotatable bonds is 9. The highest BCUT2D eigenvalue weighted by Crippen LogP contribution is 2.22. The molecule has 1 heterocycles. The fourth-order valence-corrected chi connectivity index (χ4v) is 3.31. The first-order valence-corrected chi connectivity index (χ1v) is 10.7. The summed E-state index contributed by atoms with van der Waals surface area (Å²) in [6.45, 7) is 5.99. The van der Waals surface area contributed by atoms with Gasteiger partial charge in [-0.25, -0.2) is 0 Å². The summed E-state index contributed by atoms with van der Waals surface area (Å²) in [7, 11) is 1.73. The fraction of sp³-hybridized carbons (Fsp3) is 0.417. The van der Waals surface area contributed by atoms with Gasteiger partial charge in [-0.1, -0.05) is 30.3 Å². The Morgan fingerprint density at radius 2 is 1.94 bits per heavy atom. The van der Waals surface area contributed by atoms with E-state index in [4.69, 9.17) is 9.47 Å². The Balaban J connectivity index is 1.44. The lowest BCUT2D eigenvalue weighted by molar-refractivity contribution is 0.0954. The van der Waals surface area contributed by atoms with Gasteiger partial charge in [-0.05, 0) is 37.1 Å². The minimum absolute atomic E-state index is 0.0838. The number of aliphatic imine (C=N–C) groups is 1. The third-order valence-corrected chi connectivity index (χ3v) is 5.13. The monoisotopic (exact) mass is 424 g/mol. The van der Waals surface area contributed by atoms with Crippen molar-refractivity contribution in [3.05, 3.63) is 65.2 Å². The summed E-state index contributed by atoms with van der Waals surface area (Å²) in [6, 6.07) is 15.4. The molecule has 0 spiro atoms. The molecule has 31 heavy (non-hydrogen) atoms. The topological polar surface area (TPSA) is 84.0 Å². The average Bonchev–Trinajstić information content (AvgIpc) is 3.32. The molecule has 1 saturated heterocycles. The lowest BCUT2D eigenvalue weighted by Crippen LogP contribution is -2.41. The van der Waals surface area contributed by atoms with Crippen molar-refractivity contribution in [2.75, 3.05) is 40.0 Å². The number of nitrogens with zero attached hydrogens (tertiary/aromatic N) is 1. The number of nitrogens with one attached hydrogen (secondary N) is 3. The number of aryl methyl sites for hydroxylation is 1. The maximum atomic E-state index is 12.1. The largest absolute Gasteiger partial charge is 0.493 e. The van der Waals surface area contributed by atoms with Crippen LogP contribution in [0.3, 0.4) is 0 Å². The first kappa shape index (κ1) is 22.6. The van der Waals surface area contributed by atoms with Crippen LogP contribution in [-0.2, 0) is 11.3 Å². The van der Waals surface area contributed by atoms with Crippen LogP contribution in [0.25, 0.3) is 0 Å². The Morgan fingerprint density at radius 1 is 1.13 bits per heavy atom. The molecule has 1 aliphatic heterocycles. The minimum Gasteiger partial charge on any atom is -0.493 e. The van der Waals surface area contributed by atoms with Gasteiger partial charge in [-0.2, -0.15) is 0 Å². The van der Waals surface area contributed by atoms with Crippen LogP contribution in [-0.4, -0.2) is 51.8 Å². The van der Waals surface area contributed by atoms with Crippen molar-refractivity contribution in [2.24, 2.45) is 10.9 Å². The number of carbonyl (C=O) groups excluding carboxylic acids is 1. The highest BCUT2D eigenvalue weighted by molar-refractivity contribution is 5.94. The maximum Gasteiger partial charge on any atom is 0.251 e. The van der Waals surface area contributed by atoms with Crippen molar-refractivity contribution in [1.29, 1.82) is 0 Å². The highest BCUT2D eigenvalue weighted by atomic mass is 16.5. The Morgan fingerprint density at radius 3 is 2.68 bits per heavy atom. The van der Waals surface area contributed by atoms with Crippen LogP contribution in [0.2, 0.25) is 0 Å². The molecule has 3 N–H and O–H groups in total. The zero-order valence-corrected chi connectivity index (χ0v) is 18.3. The number of carbonyl (C=O) groups is 1. The van der Waals surface area contributed by atoms with Gasteiger partial charge in [0, 0.05) is 50.3 Å². The van der Waals surface area contributed by atoms with E-state index < -0.39 is 0 Å². The summed E-state index contributed by atoms with van der Waals surface area (Å²) in [5.41, 5.74) is 2.89. The van der Waals surface area contributed by atoms with E-state index in [9.17, 15) is 4.79 Å². The summed E-state index contributed by atoms with van der Waals surface area (Å²) >= 11 is 0. The molecule has 1 unspecified atom stereocenters. The summed E-state index contributed by atoms with van der Waals surface area (Å²) in [5.74, 6) is 1.94. The van der Waals surface area contributed by atoms with Crippen LogP contribution in [0.5, 0.6) is 5.75 Å². The SMILES string of the molecule is CN=C(NCCNC(=O)c1ccccc1)NCc1ccc(C)cc1OCC1CCOC1. The molecule has 0 radical (unpaired) electrons. The predicted octanol–water partition coefficient (Wildman–Crippen LogP) is 2.51. The van der Waals surface area contributed by atoms with Gasteiger partial charge in [0.15, 0.2) is 5.96 Å². The molecule has 0 aliphatic carbocycles. The van der Waals surface area contributed by atoms with E-state index in [2.05, 4.69) is 46.1 Å². The quantitative estimate of drug-likeness (QED) is 0.327. The number of hydrogen-bond acceptors (Lipinski definition) is 4. The van der Waals surface area contributed by atoms with Crippen LogP contribution in [0.1, 0.15) is 27.9 Å². The zero-order chi connectivity index (χ0) is 21.9. The summed E-state index contributed by atoms with van der Waals surface area (Å²) < 4.78 is 11.5. The normalized spacial score (nSPS) is 16.1. The lowest BCUT2D eigenvalue weighted by atomic mass is 10.1. The molecule has 7 heteroatoms. The van der Waals surface area contributed by atoms with Crippen molar-refractivity contribution in [3.63, 3.8) is 0 Å². The number of amides is 1. The molecule has 3 rings (SSSR count). The molecule has 1 atom stereocenters. The third kappa shape index (κ3) is 7.29. The van der Waals surface area contributed by atoms with Crippen molar-refractivity contribution < 1.29 is 14.3 Å². The minimum atomic E-state index is -0.0838. The Kier molecular flexibility index (Phi) is 8.72. The van der Waals surface area contributed by atoms with Crippen molar-refractivity contribution in [1.82, 2.24) is 16.0 Å². The number of benzene rings is 2. The Hall–Kier alpha value is -3.06. The van der Waals surface area contributed by atoms with Crippen molar-refractivity contribution in [2.45, 2.75) is 19.9 Å². The number of guanidine groups is 1. The Labute approximate surface area is 184 Å². The second-order valence-electron chi connectivity index (χ2n) is 7.63. The van der Waals surface area contributed by atoms with Gasteiger partial charge in [-0.15, -0.1) is 0 Å². The van der Waals surface area contributed by atoms with Gasteiger partial charge >= 0.3 is 0 Å². The van der Waals surface area contributed by atoms with E-state index in [1.807, 2.05) is 18.2 Å². The smallest absolute Gasteiger partial charge is 0.251 e. The van der Waals surface area contributed by atoms with Crippen LogP contribution in [0, 0.1) is 12.8 Å². The number of ether oxygens (including phenoxy) is 2. The summed E-state index contributed by atoms with van der Waals surface area (Å²) in [6.07, 6.45) is 1.05. The Bertz CT molecular complexity index is 864. The van der Waals surface area contributed by atoms with Gasteiger partial charge in [0.25, 0.3) is 5.91 Å². The van der Waals surface area contributed by atoms with Gasteiger partial charge in [0.05, 0.1) is 13.2 Å². The molecular weight excluding hydrogens is 392 g/mol. The van der Waals surface area contributed by atoms with Gasteiger partial charge in [0.1, 0.15) is 5.75 Å². The fourth-order valence-electron chi connectivity index (χ4n) is 3.31. The van der Waals surface area contributed by atoms with E-state index >= 15 is 0 Å². The number of hydrogen-bond donors (Lipinski definition) is 3. The highest BCUT2D eigenvalue weighted by Gasteiger charge is 2.17. The van der Waals surface area contributed by atoms with E-state index in [1.54, 1.807) is 19.2 Å². The van der Waals surface area contributed by atoms with Crippen molar-refractivity contribution >= 4 is 11.9 Å². The molecule has 1 aliphatic rings. The molecule has 0 bridgehead atoms. The standard InChI is InChI=1S/C24H32N4O3/c1-18-8-9-21(22(14-18)31-17-19-10-13-30-16-19)15-28-24(25-2)27-12-11-26-23(29)20-6-4-3-5-7-20/h3-9,14,19H,10-13,15-17H2,1-2H3,(H,26,29)(H2,25,27,28). The first-order valence-electron chi connectivity index (χ1n) is 10.7. The zero-order valence-electron chi connectivity index (χ0n) is 18.3. The second kappa shape index (κ2) is 12.0. The van der Waals surface area contributed by atoms with Crippen LogP contribution >= 0.6 is 0 Å². The molecule has 0 saturated carbocycles. The van der Waals surface area contributed by atoms with Crippen LogP contribution in [0.15, 0.2) is 53.5 Å².